The van der Waals surface area contributed by atoms with Gasteiger partial charge in [-0.25, -0.2) is 0 Å². The topological polar surface area (TPSA) is 56.7 Å². The Morgan fingerprint density at radius 2 is 1.83 bits per heavy atom. The second-order valence-corrected chi connectivity index (χ2v) is 8.55. The number of nitrogens with zero attached hydrogens (tertiary/aromatic N) is 3. The van der Waals surface area contributed by atoms with Crippen LogP contribution < -0.4 is 0 Å². The molecule has 5 rings (SSSR count). The van der Waals surface area contributed by atoms with Crippen LogP contribution in [0, 0.1) is 5.92 Å². The highest BCUT2D eigenvalue weighted by Gasteiger charge is 2.34. The monoisotopic (exact) mass is 401 g/mol. The molecule has 3 aromatic rings. The van der Waals surface area contributed by atoms with E-state index in [1.165, 1.54) is 16.7 Å². The number of hydrogen-bond donors (Lipinski definition) is 1. The van der Waals surface area contributed by atoms with Crippen LogP contribution in [0.3, 0.4) is 0 Å². The summed E-state index contributed by atoms with van der Waals surface area (Å²) in [5, 5.41) is 11.8. The minimum absolute atomic E-state index is 0.0573. The average Bonchev–Trinajstić information content (AvgIpc) is 3.14. The maximum atomic E-state index is 12.9. The maximum absolute atomic E-state index is 12.9. The van der Waals surface area contributed by atoms with Crippen molar-refractivity contribution in [2.75, 3.05) is 26.2 Å². The van der Waals surface area contributed by atoms with Crippen molar-refractivity contribution in [2.45, 2.75) is 25.5 Å². The van der Waals surface area contributed by atoms with E-state index in [2.05, 4.69) is 40.2 Å². The highest BCUT2D eigenvalue weighted by molar-refractivity contribution is 5.82. The molecule has 0 saturated carbocycles. The van der Waals surface area contributed by atoms with Crippen LogP contribution in [-0.4, -0.2) is 58.1 Å². The third kappa shape index (κ3) is 3.83. The predicted molar refractivity (Wildman–Crippen MR) is 117 cm³/mol. The van der Waals surface area contributed by atoms with Crippen LogP contribution in [0.2, 0.25) is 0 Å². The number of carbonyl (C=O) groups is 1. The van der Waals surface area contributed by atoms with Crippen LogP contribution in [0.5, 0.6) is 0 Å². The summed E-state index contributed by atoms with van der Waals surface area (Å²) in [7, 11) is 0. The van der Waals surface area contributed by atoms with Gasteiger partial charge in [-0.2, -0.15) is 0 Å². The van der Waals surface area contributed by atoms with E-state index in [1.54, 1.807) is 0 Å². The van der Waals surface area contributed by atoms with Crippen LogP contribution in [0.15, 0.2) is 60.8 Å². The van der Waals surface area contributed by atoms with Gasteiger partial charge in [0, 0.05) is 43.7 Å². The first-order chi connectivity index (χ1) is 14.7. The average molecular weight is 402 g/mol. The Balaban J connectivity index is 1.23. The lowest BCUT2D eigenvalue weighted by molar-refractivity contribution is -0.132. The zero-order valence-corrected chi connectivity index (χ0v) is 17.1. The van der Waals surface area contributed by atoms with Crippen molar-refractivity contribution in [1.82, 2.24) is 14.8 Å². The van der Waals surface area contributed by atoms with E-state index < -0.39 is 6.10 Å². The molecule has 5 nitrogen and oxygen atoms in total. The fourth-order valence-electron chi connectivity index (χ4n) is 4.85. The fraction of sp³-hybridized carbons (Fsp3) is 0.360. The summed E-state index contributed by atoms with van der Waals surface area (Å²) >= 11 is 0. The lowest BCUT2D eigenvalue weighted by atomic mass is 9.94. The quantitative estimate of drug-likeness (QED) is 0.730. The van der Waals surface area contributed by atoms with Crippen molar-refractivity contribution in [2.24, 2.45) is 5.92 Å². The Morgan fingerprint density at radius 1 is 1.03 bits per heavy atom. The van der Waals surface area contributed by atoms with Crippen molar-refractivity contribution in [3.63, 3.8) is 0 Å². The third-order valence-electron chi connectivity index (χ3n) is 6.55. The van der Waals surface area contributed by atoms with Crippen LogP contribution in [-0.2, 0) is 24.2 Å². The van der Waals surface area contributed by atoms with E-state index in [0.717, 1.165) is 36.8 Å². The molecule has 1 amide bonds. The number of benzene rings is 2. The van der Waals surface area contributed by atoms with E-state index in [0.29, 0.717) is 19.6 Å². The van der Waals surface area contributed by atoms with Crippen molar-refractivity contribution in [1.29, 1.82) is 0 Å². The Labute approximate surface area is 177 Å². The number of β-amino-alcohol motifs (C(OH)–C–C–N with tert-alkyl or cyclic N) is 1. The summed E-state index contributed by atoms with van der Waals surface area (Å²) in [5.74, 6) is 0.178. The number of rotatable bonds is 4. The molecule has 0 bridgehead atoms. The number of hydrogen-bond acceptors (Lipinski definition) is 4. The maximum Gasteiger partial charge on any atom is 0.236 e. The fourth-order valence-corrected chi connectivity index (χ4v) is 4.85. The van der Waals surface area contributed by atoms with Gasteiger partial charge in [0.2, 0.25) is 5.91 Å². The summed E-state index contributed by atoms with van der Waals surface area (Å²) < 4.78 is 0. The summed E-state index contributed by atoms with van der Waals surface area (Å²) in [6.07, 6.45) is 3.09. The van der Waals surface area contributed by atoms with E-state index in [1.807, 2.05) is 35.4 Å². The number of para-hydroxylation sites is 1. The highest BCUT2D eigenvalue weighted by Crippen LogP contribution is 2.26. The van der Waals surface area contributed by atoms with Gasteiger partial charge in [0.15, 0.2) is 0 Å². The number of aromatic nitrogens is 1. The van der Waals surface area contributed by atoms with Gasteiger partial charge in [0.25, 0.3) is 0 Å². The first kappa shape index (κ1) is 19.2. The molecule has 1 fully saturated rings. The summed E-state index contributed by atoms with van der Waals surface area (Å²) in [5.41, 5.74) is 4.87. The molecule has 0 unspecified atom stereocenters. The van der Waals surface area contributed by atoms with Crippen LogP contribution in [0.1, 0.15) is 16.7 Å². The molecule has 1 N–H and O–H groups in total. The largest absolute Gasteiger partial charge is 0.391 e. The zero-order valence-electron chi connectivity index (χ0n) is 17.1. The van der Waals surface area contributed by atoms with Gasteiger partial charge in [-0.3, -0.25) is 14.7 Å². The Morgan fingerprint density at radius 3 is 2.73 bits per heavy atom. The van der Waals surface area contributed by atoms with E-state index >= 15 is 0 Å². The second kappa shape index (κ2) is 8.17. The third-order valence-corrected chi connectivity index (χ3v) is 6.55. The molecule has 3 heterocycles. The van der Waals surface area contributed by atoms with Gasteiger partial charge in [0.05, 0.1) is 18.2 Å². The van der Waals surface area contributed by atoms with Gasteiger partial charge in [0.1, 0.15) is 0 Å². The van der Waals surface area contributed by atoms with Crippen LogP contribution in [0.25, 0.3) is 10.9 Å². The number of pyridine rings is 1. The van der Waals surface area contributed by atoms with E-state index in [4.69, 9.17) is 0 Å². The van der Waals surface area contributed by atoms with Gasteiger partial charge < -0.3 is 10.0 Å². The van der Waals surface area contributed by atoms with Crippen molar-refractivity contribution < 1.29 is 9.90 Å². The van der Waals surface area contributed by atoms with Gasteiger partial charge in [-0.15, -0.1) is 0 Å². The number of likely N-dealkylation sites (tertiary alicyclic amines) is 1. The summed E-state index contributed by atoms with van der Waals surface area (Å²) in [4.78, 5) is 21.4. The van der Waals surface area contributed by atoms with Crippen molar-refractivity contribution in [3.8, 4) is 0 Å². The molecule has 2 aromatic carbocycles. The molecule has 5 heteroatoms. The van der Waals surface area contributed by atoms with Crippen molar-refractivity contribution >= 4 is 16.8 Å². The van der Waals surface area contributed by atoms with Gasteiger partial charge in [-0.05, 0) is 41.7 Å². The number of carbonyl (C=O) groups excluding carboxylic acids is 1. The number of amides is 1. The Hall–Kier alpha value is -2.76. The molecule has 2 atom stereocenters. The molecule has 2 aliphatic heterocycles. The summed E-state index contributed by atoms with van der Waals surface area (Å²) in [6, 6.07) is 18.6. The van der Waals surface area contributed by atoms with Gasteiger partial charge in [-0.1, -0.05) is 42.5 Å². The SMILES string of the molecule is O=C(CN1CCc2ccccc2C1)N1C[C@@H](Cc2ccnc3ccccc23)[C@@H](O)C1. The molecule has 1 saturated heterocycles. The normalized spacial score (nSPS) is 21.7. The minimum Gasteiger partial charge on any atom is -0.391 e. The molecule has 154 valence electrons. The Kier molecular flexibility index (Phi) is 5.23. The van der Waals surface area contributed by atoms with Crippen LogP contribution >= 0.6 is 0 Å². The molecule has 2 aliphatic rings. The molecule has 0 spiro atoms. The standard InChI is InChI=1S/C25H27N3O2/c29-24-16-28(25(30)17-27-12-10-18-5-1-2-6-20(18)14-27)15-21(24)13-19-9-11-26-23-8-4-3-7-22(19)23/h1-9,11,21,24,29H,10,12-17H2/t21-,24+/m1/s1. The van der Waals surface area contributed by atoms with E-state index in [9.17, 15) is 9.90 Å². The van der Waals surface area contributed by atoms with Gasteiger partial charge >= 0.3 is 0 Å². The lowest BCUT2D eigenvalue weighted by Gasteiger charge is -2.29. The molecular formula is C25H27N3O2. The number of fused-ring (bicyclic) bond motifs is 2. The second-order valence-electron chi connectivity index (χ2n) is 8.55. The number of aliphatic hydroxyl groups excluding tert-OH is 1. The molecule has 30 heavy (non-hydrogen) atoms. The highest BCUT2D eigenvalue weighted by atomic mass is 16.3. The predicted octanol–water partition coefficient (Wildman–Crippen LogP) is 2.65. The van der Waals surface area contributed by atoms with E-state index in [-0.39, 0.29) is 11.8 Å². The summed E-state index contributed by atoms with van der Waals surface area (Å²) in [6.45, 7) is 3.19. The smallest absolute Gasteiger partial charge is 0.236 e. The number of aliphatic hydroxyl groups is 1. The molecule has 0 radical (unpaired) electrons. The first-order valence-corrected chi connectivity index (χ1v) is 10.7. The molecule has 1 aromatic heterocycles. The lowest BCUT2D eigenvalue weighted by Crippen LogP contribution is -2.41. The van der Waals surface area contributed by atoms with Crippen molar-refractivity contribution in [3.05, 3.63) is 77.5 Å². The Bertz CT molecular complexity index is 1060. The zero-order chi connectivity index (χ0) is 20.5. The first-order valence-electron chi connectivity index (χ1n) is 10.7. The minimum atomic E-state index is -0.483. The molecular weight excluding hydrogens is 374 g/mol. The molecule has 0 aliphatic carbocycles. The van der Waals surface area contributed by atoms with Crippen LogP contribution in [0.4, 0.5) is 0 Å².